The lowest BCUT2D eigenvalue weighted by Crippen LogP contribution is -2.13. The first-order valence-electron chi connectivity index (χ1n) is 5.08. The summed E-state index contributed by atoms with van der Waals surface area (Å²) in [5.74, 6) is -1.26. The lowest BCUT2D eigenvalue weighted by atomic mass is 10.3. The van der Waals surface area contributed by atoms with E-state index in [1.54, 1.807) is 30.3 Å². The third-order valence-corrected chi connectivity index (χ3v) is 2.29. The molecule has 0 radical (unpaired) electrons. The number of benzene rings is 1. The minimum atomic E-state index is -1.26. The second-order valence-electron chi connectivity index (χ2n) is 3.42. The second-order valence-corrected chi connectivity index (χ2v) is 3.42. The van der Waals surface area contributed by atoms with Crippen molar-refractivity contribution in [1.29, 1.82) is 0 Å². The monoisotopic (exact) mass is 246 g/mol. The maximum Gasteiger partial charge on any atom is 0.356 e. The Morgan fingerprint density at radius 3 is 2.56 bits per heavy atom. The van der Waals surface area contributed by atoms with E-state index in [0.717, 1.165) is 4.68 Å². The molecule has 2 rings (SSSR count). The largest absolute Gasteiger partial charge is 0.476 e. The highest BCUT2D eigenvalue weighted by molar-refractivity contribution is 5.90. The fourth-order valence-electron chi connectivity index (χ4n) is 1.53. The molecule has 0 saturated carbocycles. The van der Waals surface area contributed by atoms with Gasteiger partial charge in [-0.3, -0.25) is 9.89 Å². The molecular weight excluding hydrogens is 236 g/mol. The van der Waals surface area contributed by atoms with Crippen LogP contribution in [0.2, 0.25) is 0 Å². The number of hydrogen-bond donors (Lipinski definition) is 2. The summed E-state index contributed by atoms with van der Waals surface area (Å²) in [4.78, 5) is 23.0. The molecule has 0 aliphatic rings. The number of para-hydroxylation sites is 1. The van der Waals surface area contributed by atoms with E-state index in [1.165, 1.54) is 7.05 Å². The number of aromatic amines is 1. The van der Waals surface area contributed by atoms with Crippen LogP contribution in [0.1, 0.15) is 10.5 Å². The first-order chi connectivity index (χ1) is 8.65. The Morgan fingerprint density at radius 2 is 2.00 bits per heavy atom. The van der Waals surface area contributed by atoms with E-state index < -0.39 is 11.5 Å². The van der Waals surface area contributed by atoms with Crippen LogP contribution in [0.15, 0.2) is 45.4 Å². The van der Waals surface area contributed by atoms with Gasteiger partial charge in [-0.25, -0.2) is 9.48 Å². The topological polar surface area (TPSA) is 99.8 Å². The maximum absolute atomic E-state index is 12.0. The summed E-state index contributed by atoms with van der Waals surface area (Å²) in [6, 6.07) is 8.63. The molecule has 0 spiro atoms. The highest BCUT2D eigenvalue weighted by Crippen LogP contribution is 2.14. The van der Waals surface area contributed by atoms with Crippen LogP contribution in [-0.4, -0.2) is 27.9 Å². The summed E-state index contributed by atoms with van der Waals surface area (Å²) in [6.45, 7) is 0. The van der Waals surface area contributed by atoms with Crippen LogP contribution in [0.25, 0.3) is 5.69 Å². The van der Waals surface area contributed by atoms with Crippen molar-refractivity contribution in [2.24, 2.45) is 10.2 Å². The van der Waals surface area contributed by atoms with Gasteiger partial charge in [0, 0.05) is 7.05 Å². The van der Waals surface area contributed by atoms with Crippen molar-refractivity contribution >= 4 is 11.7 Å². The molecule has 0 aliphatic heterocycles. The van der Waals surface area contributed by atoms with Gasteiger partial charge < -0.3 is 5.11 Å². The molecule has 1 heterocycles. The SMILES string of the molecule is CN=Nc1c(C(=O)O)[nH]n(-c2ccccc2)c1=O. The fourth-order valence-corrected chi connectivity index (χ4v) is 1.53. The van der Waals surface area contributed by atoms with Crippen molar-refractivity contribution in [3.8, 4) is 5.69 Å². The molecule has 0 aliphatic carbocycles. The number of carboxylic acid groups (broad SMARTS) is 1. The lowest BCUT2D eigenvalue weighted by molar-refractivity contribution is 0.0691. The van der Waals surface area contributed by atoms with E-state index in [2.05, 4.69) is 15.3 Å². The van der Waals surface area contributed by atoms with Crippen molar-refractivity contribution < 1.29 is 9.90 Å². The van der Waals surface area contributed by atoms with Gasteiger partial charge in [0.05, 0.1) is 5.69 Å². The Kier molecular flexibility index (Phi) is 3.05. The van der Waals surface area contributed by atoms with Crippen LogP contribution >= 0.6 is 0 Å². The molecule has 2 aromatic rings. The van der Waals surface area contributed by atoms with Gasteiger partial charge in [0.1, 0.15) is 0 Å². The van der Waals surface area contributed by atoms with Gasteiger partial charge in [0.25, 0.3) is 5.56 Å². The zero-order valence-corrected chi connectivity index (χ0v) is 9.49. The first kappa shape index (κ1) is 11.8. The Labute approximate surface area is 101 Å². The summed E-state index contributed by atoms with van der Waals surface area (Å²) in [5.41, 5.74) is -0.518. The van der Waals surface area contributed by atoms with Crippen LogP contribution < -0.4 is 5.56 Å². The molecule has 1 aromatic carbocycles. The quantitative estimate of drug-likeness (QED) is 0.804. The van der Waals surface area contributed by atoms with Gasteiger partial charge in [-0.2, -0.15) is 5.11 Å². The second kappa shape index (κ2) is 4.66. The highest BCUT2D eigenvalue weighted by Gasteiger charge is 2.20. The third-order valence-electron chi connectivity index (χ3n) is 2.29. The number of nitrogens with zero attached hydrogens (tertiary/aromatic N) is 3. The molecular formula is C11H10N4O3. The van der Waals surface area contributed by atoms with Crippen molar-refractivity contribution in [3.63, 3.8) is 0 Å². The average Bonchev–Trinajstić information content (AvgIpc) is 2.69. The van der Waals surface area contributed by atoms with E-state index in [0.29, 0.717) is 5.69 Å². The normalized spacial score (nSPS) is 10.9. The van der Waals surface area contributed by atoms with E-state index in [9.17, 15) is 9.59 Å². The first-order valence-corrected chi connectivity index (χ1v) is 5.08. The molecule has 0 atom stereocenters. The molecule has 7 nitrogen and oxygen atoms in total. The number of H-pyrrole nitrogens is 1. The number of hydrogen-bond acceptors (Lipinski definition) is 4. The summed E-state index contributed by atoms with van der Waals surface area (Å²) in [6.07, 6.45) is 0. The molecule has 0 fully saturated rings. The molecule has 0 saturated heterocycles. The Balaban J connectivity index is 2.68. The van der Waals surface area contributed by atoms with Crippen molar-refractivity contribution in [2.45, 2.75) is 0 Å². The number of aromatic nitrogens is 2. The summed E-state index contributed by atoms with van der Waals surface area (Å²) in [7, 11) is 1.37. The van der Waals surface area contributed by atoms with Gasteiger partial charge in [-0.15, -0.1) is 5.11 Å². The molecule has 7 heteroatoms. The number of rotatable bonds is 3. The molecule has 0 bridgehead atoms. The van der Waals surface area contributed by atoms with E-state index in [-0.39, 0.29) is 11.4 Å². The van der Waals surface area contributed by atoms with E-state index in [1.807, 2.05) is 0 Å². The number of azo groups is 1. The average molecular weight is 246 g/mol. The van der Waals surface area contributed by atoms with Gasteiger partial charge in [-0.1, -0.05) is 18.2 Å². The zero-order valence-electron chi connectivity index (χ0n) is 9.49. The maximum atomic E-state index is 12.0. The molecule has 92 valence electrons. The van der Waals surface area contributed by atoms with Gasteiger partial charge in [0.2, 0.25) is 0 Å². The lowest BCUT2D eigenvalue weighted by Gasteiger charge is -1.99. The highest BCUT2D eigenvalue weighted by atomic mass is 16.4. The molecule has 0 unspecified atom stereocenters. The third kappa shape index (κ3) is 1.93. The van der Waals surface area contributed by atoms with Crippen molar-refractivity contribution in [2.75, 3.05) is 7.05 Å². The fraction of sp³-hybridized carbons (Fsp3) is 0.0909. The van der Waals surface area contributed by atoms with Gasteiger partial charge in [-0.05, 0) is 12.1 Å². The minimum absolute atomic E-state index is 0.214. The summed E-state index contributed by atoms with van der Waals surface area (Å²) >= 11 is 0. The van der Waals surface area contributed by atoms with Gasteiger partial charge in [0.15, 0.2) is 11.4 Å². The number of aromatic carboxylic acids is 1. The van der Waals surface area contributed by atoms with E-state index in [4.69, 9.17) is 5.11 Å². The molecule has 18 heavy (non-hydrogen) atoms. The van der Waals surface area contributed by atoms with Crippen LogP contribution in [0.5, 0.6) is 0 Å². The predicted molar refractivity (Wildman–Crippen MR) is 63.8 cm³/mol. The Morgan fingerprint density at radius 1 is 1.33 bits per heavy atom. The number of carbonyl (C=O) groups is 1. The van der Waals surface area contributed by atoms with Crippen LogP contribution in [-0.2, 0) is 0 Å². The summed E-state index contributed by atoms with van der Waals surface area (Å²) in [5, 5.41) is 18.5. The van der Waals surface area contributed by atoms with Crippen molar-refractivity contribution in [1.82, 2.24) is 9.78 Å². The number of nitrogens with one attached hydrogen (secondary N) is 1. The Hall–Kier alpha value is -2.70. The standard InChI is InChI=1S/C11H10N4O3/c1-12-13-8-9(11(17)18)14-15(10(8)16)7-5-3-2-4-6-7/h2-6,14H,1H3,(H,17,18). The zero-order chi connectivity index (χ0) is 13.1. The predicted octanol–water partition coefficient (Wildman–Crippen LogP) is 1.58. The van der Waals surface area contributed by atoms with Crippen LogP contribution in [0.3, 0.4) is 0 Å². The summed E-state index contributed by atoms with van der Waals surface area (Å²) < 4.78 is 1.12. The minimum Gasteiger partial charge on any atom is -0.476 e. The smallest absolute Gasteiger partial charge is 0.356 e. The molecule has 1 aromatic heterocycles. The Bertz CT molecular complexity index is 655. The van der Waals surface area contributed by atoms with Gasteiger partial charge >= 0.3 is 5.97 Å². The molecule has 0 amide bonds. The van der Waals surface area contributed by atoms with Crippen LogP contribution in [0, 0.1) is 0 Å². The molecule has 2 N–H and O–H groups in total. The number of carboxylic acids is 1. The van der Waals surface area contributed by atoms with Crippen molar-refractivity contribution in [3.05, 3.63) is 46.4 Å². The van der Waals surface area contributed by atoms with Crippen LogP contribution in [0.4, 0.5) is 5.69 Å². The van der Waals surface area contributed by atoms with E-state index >= 15 is 0 Å².